The Balaban J connectivity index is 2.39. The molecule has 2 N–H and O–H groups in total. The van der Waals surface area contributed by atoms with Gasteiger partial charge in [0.05, 0.1) is 11.3 Å². The van der Waals surface area contributed by atoms with Crippen molar-refractivity contribution in [1.82, 2.24) is 9.97 Å². The highest BCUT2D eigenvalue weighted by Gasteiger charge is 2.21. The molecule has 4 nitrogen and oxygen atoms in total. The quantitative estimate of drug-likeness (QED) is 0.718. The summed E-state index contributed by atoms with van der Waals surface area (Å²) in [5, 5.41) is 10.4. The van der Waals surface area contributed by atoms with Crippen molar-refractivity contribution >= 4 is 17.6 Å². The molecule has 3 rings (SSSR count). The number of nitriles is 1. The summed E-state index contributed by atoms with van der Waals surface area (Å²) >= 11 is 1.51. The third kappa shape index (κ3) is 2.97. The van der Waals surface area contributed by atoms with Crippen LogP contribution < -0.4 is 5.73 Å². The summed E-state index contributed by atoms with van der Waals surface area (Å²) < 4.78 is 0. The third-order valence-corrected chi connectivity index (χ3v) is 4.43. The Morgan fingerprint density at radius 2 is 1.83 bits per heavy atom. The number of pyridine rings is 2. The molecule has 3 aromatic rings. The lowest BCUT2D eigenvalue weighted by molar-refractivity contribution is 1.12. The topological polar surface area (TPSA) is 75.6 Å². The van der Waals surface area contributed by atoms with E-state index in [4.69, 9.17) is 5.73 Å². The van der Waals surface area contributed by atoms with Gasteiger partial charge in [-0.2, -0.15) is 5.26 Å². The largest absolute Gasteiger partial charge is 0.383 e. The first-order valence-electron chi connectivity index (χ1n) is 7.59. The number of nitrogen functional groups attached to an aromatic ring is 1. The lowest BCUT2D eigenvalue weighted by Crippen LogP contribution is -2.03. The highest BCUT2D eigenvalue weighted by molar-refractivity contribution is 7.99. The van der Waals surface area contributed by atoms with E-state index in [2.05, 4.69) is 16.0 Å². The van der Waals surface area contributed by atoms with E-state index in [0.717, 1.165) is 28.1 Å². The molecule has 1 aromatic carbocycles. The molecule has 2 aromatic heterocycles. The van der Waals surface area contributed by atoms with Crippen LogP contribution in [0, 0.1) is 11.3 Å². The maximum Gasteiger partial charge on any atom is 0.133 e. The summed E-state index contributed by atoms with van der Waals surface area (Å²) in [5.74, 6) is 1.23. The Morgan fingerprint density at radius 1 is 1.08 bits per heavy atom. The summed E-state index contributed by atoms with van der Waals surface area (Å²) in [5.41, 5.74) is 9.95. The van der Waals surface area contributed by atoms with E-state index >= 15 is 0 Å². The van der Waals surface area contributed by atoms with Gasteiger partial charge < -0.3 is 5.73 Å². The zero-order valence-corrected chi connectivity index (χ0v) is 14.0. The minimum absolute atomic E-state index is 0.414. The van der Waals surface area contributed by atoms with Crippen LogP contribution in [0.1, 0.15) is 12.5 Å². The molecule has 0 saturated carbocycles. The molecule has 5 heteroatoms. The van der Waals surface area contributed by atoms with Crippen LogP contribution in [0.5, 0.6) is 0 Å². The van der Waals surface area contributed by atoms with Gasteiger partial charge in [0.15, 0.2) is 0 Å². The van der Waals surface area contributed by atoms with Gasteiger partial charge in [-0.05, 0) is 23.4 Å². The van der Waals surface area contributed by atoms with Crippen molar-refractivity contribution in [2.45, 2.75) is 11.9 Å². The first kappa shape index (κ1) is 16.0. The van der Waals surface area contributed by atoms with Crippen molar-refractivity contribution < 1.29 is 0 Å². The van der Waals surface area contributed by atoms with Gasteiger partial charge in [0.25, 0.3) is 0 Å². The molecule has 2 heterocycles. The van der Waals surface area contributed by atoms with Gasteiger partial charge >= 0.3 is 0 Å². The molecule has 0 aliphatic heterocycles. The maximum absolute atomic E-state index is 9.78. The lowest BCUT2D eigenvalue weighted by Gasteiger charge is -2.16. The Kier molecular flexibility index (Phi) is 4.78. The van der Waals surface area contributed by atoms with Crippen LogP contribution in [-0.2, 0) is 0 Å². The van der Waals surface area contributed by atoms with Gasteiger partial charge in [-0.3, -0.25) is 4.98 Å². The van der Waals surface area contributed by atoms with Crippen LogP contribution in [0.2, 0.25) is 0 Å². The monoisotopic (exact) mass is 332 g/mol. The molecular weight excluding hydrogens is 316 g/mol. The number of hydrogen-bond acceptors (Lipinski definition) is 5. The van der Waals surface area contributed by atoms with Crippen LogP contribution in [-0.4, -0.2) is 15.7 Å². The van der Waals surface area contributed by atoms with Crippen LogP contribution in [0.4, 0.5) is 5.82 Å². The molecule has 0 atom stereocenters. The normalized spacial score (nSPS) is 10.3. The molecule has 118 valence electrons. The molecule has 0 spiro atoms. The first-order valence-corrected chi connectivity index (χ1v) is 8.58. The SMILES string of the molecule is CCSc1nc(N)c(-c2ccccc2)c(-c2ccccn2)c1C#N. The fraction of sp³-hybridized carbons (Fsp3) is 0.105. The average Bonchev–Trinajstić information content (AvgIpc) is 2.63. The van der Waals surface area contributed by atoms with Gasteiger partial charge in [0.1, 0.15) is 16.9 Å². The molecule has 0 saturated heterocycles. The van der Waals surface area contributed by atoms with Crippen molar-refractivity contribution in [3.63, 3.8) is 0 Å². The third-order valence-electron chi connectivity index (χ3n) is 3.57. The van der Waals surface area contributed by atoms with Crippen LogP contribution in [0.3, 0.4) is 0 Å². The lowest BCUT2D eigenvalue weighted by atomic mass is 9.95. The van der Waals surface area contributed by atoms with E-state index in [-0.39, 0.29) is 0 Å². The second-order valence-corrected chi connectivity index (χ2v) is 6.31. The van der Waals surface area contributed by atoms with Crippen molar-refractivity contribution in [3.05, 3.63) is 60.3 Å². The van der Waals surface area contributed by atoms with E-state index in [1.54, 1.807) is 6.20 Å². The second-order valence-electron chi connectivity index (χ2n) is 5.05. The van der Waals surface area contributed by atoms with Crippen LogP contribution in [0.25, 0.3) is 22.4 Å². The van der Waals surface area contributed by atoms with Gasteiger partial charge in [-0.1, -0.05) is 43.3 Å². The number of thioether (sulfide) groups is 1. The number of aromatic nitrogens is 2. The molecule has 0 bridgehead atoms. The highest BCUT2D eigenvalue weighted by atomic mass is 32.2. The molecule has 0 aliphatic rings. The molecule has 24 heavy (non-hydrogen) atoms. The van der Waals surface area contributed by atoms with E-state index in [1.165, 1.54) is 11.8 Å². The van der Waals surface area contributed by atoms with Gasteiger partial charge in [0, 0.05) is 17.3 Å². The van der Waals surface area contributed by atoms with Gasteiger partial charge in [-0.15, -0.1) is 11.8 Å². The predicted molar refractivity (Wildman–Crippen MR) is 98.4 cm³/mol. The minimum atomic E-state index is 0.414. The van der Waals surface area contributed by atoms with E-state index in [0.29, 0.717) is 16.4 Å². The number of rotatable bonds is 4. The molecular formula is C19H16N4S. The number of hydrogen-bond donors (Lipinski definition) is 1. The van der Waals surface area contributed by atoms with E-state index in [1.807, 2.05) is 55.5 Å². The molecule has 0 amide bonds. The Labute approximate surface area is 145 Å². The Bertz CT molecular complexity index is 887. The van der Waals surface area contributed by atoms with Gasteiger partial charge in [-0.25, -0.2) is 4.98 Å². The summed E-state index contributed by atoms with van der Waals surface area (Å²) in [6.45, 7) is 2.02. The fourth-order valence-corrected chi connectivity index (χ4v) is 3.32. The number of benzene rings is 1. The van der Waals surface area contributed by atoms with Crippen molar-refractivity contribution in [2.24, 2.45) is 0 Å². The molecule has 0 unspecified atom stereocenters. The number of nitrogens with two attached hydrogens (primary N) is 1. The highest BCUT2D eigenvalue weighted by Crippen LogP contribution is 2.40. The number of anilines is 1. The zero-order valence-electron chi connectivity index (χ0n) is 13.2. The molecule has 0 radical (unpaired) electrons. The van der Waals surface area contributed by atoms with E-state index < -0.39 is 0 Å². The Hall–Kier alpha value is -2.84. The predicted octanol–water partition coefficient (Wildman–Crippen LogP) is 4.38. The van der Waals surface area contributed by atoms with Crippen LogP contribution >= 0.6 is 11.8 Å². The van der Waals surface area contributed by atoms with Crippen molar-refractivity contribution in [3.8, 4) is 28.5 Å². The minimum Gasteiger partial charge on any atom is -0.383 e. The van der Waals surface area contributed by atoms with Crippen molar-refractivity contribution in [2.75, 3.05) is 11.5 Å². The molecule has 0 aliphatic carbocycles. The number of nitrogens with zero attached hydrogens (tertiary/aromatic N) is 3. The van der Waals surface area contributed by atoms with Crippen LogP contribution in [0.15, 0.2) is 59.8 Å². The molecule has 0 fully saturated rings. The summed E-state index contributed by atoms with van der Waals surface area (Å²) in [4.78, 5) is 8.93. The fourth-order valence-electron chi connectivity index (χ4n) is 2.59. The average molecular weight is 332 g/mol. The maximum atomic E-state index is 9.78. The smallest absolute Gasteiger partial charge is 0.133 e. The van der Waals surface area contributed by atoms with Gasteiger partial charge in [0.2, 0.25) is 0 Å². The summed E-state index contributed by atoms with van der Waals surface area (Å²) in [7, 11) is 0. The zero-order chi connectivity index (χ0) is 16.9. The van der Waals surface area contributed by atoms with Crippen molar-refractivity contribution in [1.29, 1.82) is 5.26 Å². The standard InChI is InChI=1S/C19H16N4S/c1-2-24-19-14(12-20)17(15-10-6-7-11-22-15)16(18(21)23-19)13-8-4-3-5-9-13/h3-11H,2H2,1H3,(H2,21,23). The summed E-state index contributed by atoms with van der Waals surface area (Å²) in [6.07, 6.45) is 1.72. The second kappa shape index (κ2) is 7.16. The van der Waals surface area contributed by atoms with E-state index in [9.17, 15) is 5.26 Å². The summed E-state index contributed by atoms with van der Waals surface area (Å²) in [6, 6.07) is 17.7. The first-order chi connectivity index (χ1) is 11.8. The Morgan fingerprint density at radius 3 is 2.46 bits per heavy atom.